The number of aryl methyl sites for hydroxylation is 1. The fourth-order valence-corrected chi connectivity index (χ4v) is 1.49. The zero-order valence-electron chi connectivity index (χ0n) is 9.03. The average molecular weight is 296 g/mol. The summed E-state index contributed by atoms with van der Waals surface area (Å²) < 4.78 is 5.69. The lowest BCUT2D eigenvalue weighted by Crippen LogP contribution is -2.19. The van der Waals surface area contributed by atoms with Crippen LogP contribution in [0.25, 0.3) is 0 Å². The largest absolute Gasteiger partial charge is 0.434 e. The third kappa shape index (κ3) is 3.32. The highest BCUT2D eigenvalue weighted by Crippen LogP contribution is 2.18. The van der Waals surface area contributed by atoms with E-state index in [9.17, 15) is 4.79 Å². The minimum atomic E-state index is -0.400. The molecule has 2 rings (SSSR count). The number of hydrogen-bond acceptors (Lipinski definition) is 3. The summed E-state index contributed by atoms with van der Waals surface area (Å²) >= 11 is 3.15. The number of carbonyl (C=O) groups excluding carboxylic acids is 1. The number of nitrogens with one attached hydrogen (secondary N) is 2. The molecular formula is C11H10BrN3O2. The maximum Gasteiger partial charge on any atom is 0.327 e. The topological polar surface area (TPSA) is 67.2 Å². The molecule has 0 atom stereocenters. The van der Waals surface area contributed by atoms with E-state index < -0.39 is 6.03 Å². The molecule has 0 fully saturated rings. The maximum atomic E-state index is 11.5. The summed E-state index contributed by atoms with van der Waals surface area (Å²) in [6.45, 7) is 1.93. The van der Waals surface area contributed by atoms with E-state index in [1.54, 1.807) is 24.4 Å². The van der Waals surface area contributed by atoms with Crippen molar-refractivity contribution in [3.05, 3.63) is 40.7 Å². The van der Waals surface area contributed by atoms with Gasteiger partial charge in [0.15, 0.2) is 4.67 Å². The van der Waals surface area contributed by atoms with Crippen LogP contribution in [0.5, 0.6) is 0 Å². The lowest BCUT2D eigenvalue weighted by atomic mass is 10.3. The van der Waals surface area contributed by atoms with Gasteiger partial charge in [-0.2, -0.15) is 0 Å². The van der Waals surface area contributed by atoms with Crippen LogP contribution < -0.4 is 10.6 Å². The predicted octanol–water partition coefficient (Wildman–Crippen LogP) is 3.39. The Morgan fingerprint density at radius 2 is 2.12 bits per heavy atom. The van der Waals surface area contributed by atoms with Crippen LogP contribution >= 0.6 is 15.9 Å². The highest BCUT2D eigenvalue weighted by molar-refractivity contribution is 9.10. The van der Waals surface area contributed by atoms with Gasteiger partial charge >= 0.3 is 6.03 Å². The average Bonchev–Trinajstić information content (AvgIpc) is 2.67. The molecule has 2 aromatic heterocycles. The summed E-state index contributed by atoms with van der Waals surface area (Å²) in [4.78, 5) is 15.6. The van der Waals surface area contributed by atoms with E-state index in [0.29, 0.717) is 16.4 Å². The fourth-order valence-electron chi connectivity index (χ4n) is 1.18. The Morgan fingerprint density at radius 3 is 2.71 bits per heavy atom. The SMILES string of the molecule is Cc1ccc(NC(=O)Nc2ccc(Br)o2)nc1. The molecule has 0 bridgehead atoms. The number of halogens is 1. The molecule has 6 heteroatoms. The first-order chi connectivity index (χ1) is 8.13. The lowest BCUT2D eigenvalue weighted by molar-refractivity contribution is 0.261. The Morgan fingerprint density at radius 1 is 1.29 bits per heavy atom. The number of anilines is 2. The third-order valence-corrected chi connectivity index (χ3v) is 2.39. The third-order valence-electron chi connectivity index (χ3n) is 1.96. The van der Waals surface area contributed by atoms with Crippen molar-refractivity contribution in [1.82, 2.24) is 4.98 Å². The molecule has 17 heavy (non-hydrogen) atoms. The number of nitrogens with zero attached hydrogens (tertiary/aromatic N) is 1. The molecule has 0 aromatic carbocycles. The number of amides is 2. The standard InChI is InChI=1S/C11H10BrN3O2/c1-7-2-4-9(13-6-7)14-11(16)15-10-5-3-8(12)17-10/h2-6H,1H3,(H2,13,14,15,16). The van der Waals surface area contributed by atoms with Gasteiger partial charge < -0.3 is 4.42 Å². The van der Waals surface area contributed by atoms with Crippen molar-refractivity contribution in [2.75, 3.05) is 10.6 Å². The second-order valence-electron chi connectivity index (χ2n) is 3.40. The zero-order valence-corrected chi connectivity index (χ0v) is 10.6. The molecule has 2 aromatic rings. The van der Waals surface area contributed by atoms with E-state index in [1.807, 2.05) is 13.0 Å². The molecule has 0 radical (unpaired) electrons. The number of carbonyl (C=O) groups is 1. The first kappa shape index (κ1) is 11.7. The van der Waals surface area contributed by atoms with E-state index in [2.05, 4.69) is 31.5 Å². The van der Waals surface area contributed by atoms with Crippen LogP contribution in [0.1, 0.15) is 5.56 Å². The molecule has 0 aliphatic heterocycles. The van der Waals surface area contributed by atoms with E-state index in [1.165, 1.54) is 0 Å². The molecule has 0 unspecified atom stereocenters. The molecule has 88 valence electrons. The molecule has 2 N–H and O–H groups in total. The molecule has 0 aliphatic rings. The van der Waals surface area contributed by atoms with Gasteiger partial charge in [0, 0.05) is 12.3 Å². The predicted molar refractivity (Wildman–Crippen MR) is 68.0 cm³/mol. The zero-order chi connectivity index (χ0) is 12.3. The molecule has 0 spiro atoms. The molecule has 0 saturated carbocycles. The molecule has 5 nitrogen and oxygen atoms in total. The Kier molecular flexibility index (Phi) is 3.43. The number of aromatic nitrogens is 1. The van der Waals surface area contributed by atoms with Crippen molar-refractivity contribution in [2.24, 2.45) is 0 Å². The normalized spacial score (nSPS) is 10.0. The smallest absolute Gasteiger partial charge is 0.327 e. The van der Waals surface area contributed by atoms with Crippen molar-refractivity contribution in [2.45, 2.75) is 6.92 Å². The summed E-state index contributed by atoms with van der Waals surface area (Å²) in [6, 6.07) is 6.54. The highest BCUT2D eigenvalue weighted by atomic mass is 79.9. The van der Waals surface area contributed by atoms with Crippen molar-refractivity contribution >= 4 is 33.7 Å². The van der Waals surface area contributed by atoms with E-state index >= 15 is 0 Å². The van der Waals surface area contributed by atoms with E-state index in [-0.39, 0.29) is 0 Å². The second-order valence-corrected chi connectivity index (χ2v) is 4.19. The van der Waals surface area contributed by atoms with Crippen LogP contribution in [0.2, 0.25) is 0 Å². The van der Waals surface area contributed by atoms with Crippen LogP contribution in [-0.4, -0.2) is 11.0 Å². The van der Waals surface area contributed by atoms with Gasteiger partial charge in [-0.25, -0.2) is 9.78 Å². The Bertz CT molecular complexity index is 522. The van der Waals surface area contributed by atoms with Gasteiger partial charge in [0.05, 0.1) is 0 Å². The number of hydrogen-bond donors (Lipinski definition) is 2. The number of furan rings is 1. The van der Waals surface area contributed by atoms with Crippen molar-refractivity contribution in [1.29, 1.82) is 0 Å². The number of rotatable bonds is 2. The minimum Gasteiger partial charge on any atom is -0.434 e. The monoisotopic (exact) mass is 295 g/mol. The molecular weight excluding hydrogens is 286 g/mol. The van der Waals surface area contributed by atoms with Crippen LogP contribution in [0.4, 0.5) is 16.5 Å². The Hall–Kier alpha value is -1.82. The Balaban J connectivity index is 1.95. The quantitative estimate of drug-likeness (QED) is 0.892. The minimum absolute atomic E-state index is 0.362. The molecule has 2 heterocycles. The molecule has 0 aliphatic carbocycles. The van der Waals surface area contributed by atoms with E-state index in [0.717, 1.165) is 5.56 Å². The summed E-state index contributed by atoms with van der Waals surface area (Å²) in [6.07, 6.45) is 1.68. The van der Waals surface area contributed by atoms with Gasteiger partial charge in [0.25, 0.3) is 0 Å². The molecule has 0 saturated heterocycles. The summed E-state index contributed by atoms with van der Waals surface area (Å²) in [7, 11) is 0. The van der Waals surface area contributed by atoms with Gasteiger partial charge in [0.1, 0.15) is 5.82 Å². The maximum absolute atomic E-state index is 11.5. The number of pyridine rings is 1. The summed E-state index contributed by atoms with van der Waals surface area (Å²) in [5.41, 5.74) is 1.03. The summed E-state index contributed by atoms with van der Waals surface area (Å²) in [5, 5.41) is 5.13. The summed E-state index contributed by atoms with van der Waals surface area (Å²) in [5.74, 6) is 0.847. The van der Waals surface area contributed by atoms with Gasteiger partial charge in [-0.3, -0.25) is 10.6 Å². The van der Waals surface area contributed by atoms with Crippen molar-refractivity contribution in [3.63, 3.8) is 0 Å². The first-order valence-electron chi connectivity index (χ1n) is 4.89. The van der Waals surface area contributed by atoms with Gasteiger partial charge in [-0.05, 0) is 40.5 Å². The highest BCUT2D eigenvalue weighted by Gasteiger charge is 2.05. The van der Waals surface area contributed by atoms with Crippen LogP contribution in [0.3, 0.4) is 0 Å². The van der Waals surface area contributed by atoms with Gasteiger partial charge in [-0.1, -0.05) is 6.07 Å². The van der Waals surface area contributed by atoms with Gasteiger partial charge in [-0.15, -0.1) is 0 Å². The number of urea groups is 1. The van der Waals surface area contributed by atoms with E-state index in [4.69, 9.17) is 4.42 Å². The lowest BCUT2D eigenvalue weighted by Gasteiger charge is -2.04. The van der Waals surface area contributed by atoms with Crippen LogP contribution in [0.15, 0.2) is 39.5 Å². The van der Waals surface area contributed by atoms with Crippen LogP contribution in [0, 0.1) is 6.92 Å². The Labute approximate surface area is 106 Å². The first-order valence-corrected chi connectivity index (χ1v) is 5.69. The second kappa shape index (κ2) is 5.01. The fraction of sp³-hybridized carbons (Fsp3) is 0.0909. The van der Waals surface area contributed by atoms with Crippen molar-refractivity contribution < 1.29 is 9.21 Å². The molecule has 2 amide bonds. The van der Waals surface area contributed by atoms with Crippen LogP contribution in [-0.2, 0) is 0 Å². The van der Waals surface area contributed by atoms with Crippen molar-refractivity contribution in [3.8, 4) is 0 Å². The van der Waals surface area contributed by atoms with Gasteiger partial charge in [0.2, 0.25) is 5.88 Å².